The third-order valence-electron chi connectivity index (χ3n) is 4.20. The molecule has 5 heteroatoms. The standard InChI is InChI=1S/C15H17Cl2N3/c16-12-5-6-13(15(17)7-12)14(11-3-1-2-4-11)8-20-9-18-19-10-20/h5-7,9-11,14H,1-4,8H2. The Morgan fingerprint density at radius 2 is 1.85 bits per heavy atom. The zero-order chi connectivity index (χ0) is 13.9. The van der Waals surface area contributed by atoms with Crippen molar-refractivity contribution in [2.24, 2.45) is 5.92 Å². The molecule has 0 aliphatic heterocycles. The molecule has 1 atom stereocenters. The van der Waals surface area contributed by atoms with E-state index in [1.807, 2.05) is 16.7 Å². The van der Waals surface area contributed by atoms with Crippen LogP contribution in [0.2, 0.25) is 10.0 Å². The molecule has 0 spiro atoms. The molecule has 106 valence electrons. The van der Waals surface area contributed by atoms with E-state index in [4.69, 9.17) is 23.2 Å². The Morgan fingerprint density at radius 1 is 1.15 bits per heavy atom. The Kier molecular flexibility index (Phi) is 4.27. The first-order valence-electron chi connectivity index (χ1n) is 7.01. The number of rotatable bonds is 4. The first-order valence-corrected chi connectivity index (χ1v) is 7.77. The molecular formula is C15H17Cl2N3. The predicted molar refractivity (Wildman–Crippen MR) is 81.2 cm³/mol. The highest BCUT2D eigenvalue weighted by Crippen LogP contribution is 2.41. The van der Waals surface area contributed by atoms with Crippen molar-refractivity contribution >= 4 is 23.2 Å². The molecule has 1 saturated carbocycles. The summed E-state index contributed by atoms with van der Waals surface area (Å²) in [6.45, 7) is 0.874. The average molecular weight is 310 g/mol. The summed E-state index contributed by atoms with van der Waals surface area (Å²) in [4.78, 5) is 0. The van der Waals surface area contributed by atoms with Gasteiger partial charge in [-0.05, 0) is 36.5 Å². The largest absolute Gasteiger partial charge is 0.320 e. The Hall–Kier alpha value is -1.06. The second-order valence-corrected chi connectivity index (χ2v) is 6.32. The van der Waals surface area contributed by atoms with Gasteiger partial charge in [0, 0.05) is 22.5 Å². The number of hydrogen-bond acceptors (Lipinski definition) is 2. The summed E-state index contributed by atoms with van der Waals surface area (Å²) >= 11 is 12.4. The van der Waals surface area contributed by atoms with Crippen LogP contribution < -0.4 is 0 Å². The van der Waals surface area contributed by atoms with E-state index >= 15 is 0 Å². The summed E-state index contributed by atoms with van der Waals surface area (Å²) in [5.41, 5.74) is 1.19. The van der Waals surface area contributed by atoms with Crippen LogP contribution in [0.25, 0.3) is 0 Å². The molecule has 1 heterocycles. The second kappa shape index (κ2) is 6.15. The highest BCUT2D eigenvalue weighted by atomic mass is 35.5. The summed E-state index contributed by atoms with van der Waals surface area (Å²) in [6.07, 6.45) is 8.71. The van der Waals surface area contributed by atoms with Crippen molar-refractivity contribution in [1.29, 1.82) is 0 Å². The molecule has 0 radical (unpaired) electrons. The van der Waals surface area contributed by atoms with E-state index < -0.39 is 0 Å². The molecule has 0 bridgehead atoms. The van der Waals surface area contributed by atoms with Gasteiger partial charge in [0.05, 0.1) is 0 Å². The third kappa shape index (κ3) is 2.99. The van der Waals surface area contributed by atoms with Crippen LogP contribution in [0.3, 0.4) is 0 Å². The number of halogens is 2. The summed E-state index contributed by atoms with van der Waals surface area (Å²) in [7, 11) is 0. The van der Waals surface area contributed by atoms with Crippen LogP contribution in [-0.2, 0) is 6.54 Å². The van der Waals surface area contributed by atoms with Crippen molar-refractivity contribution < 1.29 is 0 Å². The highest BCUT2D eigenvalue weighted by Gasteiger charge is 2.28. The lowest BCUT2D eigenvalue weighted by Gasteiger charge is -2.25. The van der Waals surface area contributed by atoms with E-state index in [0.717, 1.165) is 11.6 Å². The lowest BCUT2D eigenvalue weighted by molar-refractivity contribution is 0.388. The average Bonchev–Trinajstić information content (AvgIpc) is 3.10. The molecule has 2 aromatic rings. The fourth-order valence-electron chi connectivity index (χ4n) is 3.21. The molecule has 0 amide bonds. The molecule has 3 nitrogen and oxygen atoms in total. The van der Waals surface area contributed by atoms with Crippen molar-refractivity contribution in [2.75, 3.05) is 0 Å². The molecule has 20 heavy (non-hydrogen) atoms. The van der Waals surface area contributed by atoms with E-state index in [9.17, 15) is 0 Å². The molecule has 1 aromatic heterocycles. The van der Waals surface area contributed by atoms with Crippen molar-refractivity contribution in [2.45, 2.75) is 38.1 Å². The zero-order valence-electron chi connectivity index (χ0n) is 11.2. The van der Waals surface area contributed by atoms with Gasteiger partial charge in [0.2, 0.25) is 0 Å². The molecule has 1 fully saturated rings. The molecule has 1 aromatic carbocycles. The van der Waals surface area contributed by atoms with Gasteiger partial charge in [0.25, 0.3) is 0 Å². The van der Waals surface area contributed by atoms with Gasteiger partial charge in [-0.15, -0.1) is 10.2 Å². The minimum absolute atomic E-state index is 0.401. The number of benzene rings is 1. The maximum atomic E-state index is 6.42. The van der Waals surface area contributed by atoms with Gasteiger partial charge in [0.15, 0.2) is 0 Å². The fraction of sp³-hybridized carbons (Fsp3) is 0.467. The summed E-state index contributed by atoms with van der Waals surface area (Å²) in [6, 6.07) is 5.83. The first-order chi connectivity index (χ1) is 9.74. The summed E-state index contributed by atoms with van der Waals surface area (Å²) in [5, 5.41) is 9.24. The molecule has 1 aliphatic rings. The van der Waals surface area contributed by atoms with Crippen molar-refractivity contribution in [3.8, 4) is 0 Å². The van der Waals surface area contributed by atoms with Gasteiger partial charge in [-0.2, -0.15) is 0 Å². The van der Waals surface area contributed by atoms with Crippen LogP contribution in [0.1, 0.15) is 37.2 Å². The maximum absolute atomic E-state index is 6.42. The van der Waals surface area contributed by atoms with E-state index in [-0.39, 0.29) is 0 Å². The maximum Gasteiger partial charge on any atom is 0.119 e. The van der Waals surface area contributed by atoms with Gasteiger partial charge >= 0.3 is 0 Å². The van der Waals surface area contributed by atoms with Gasteiger partial charge in [-0.3, -0.25) is 0 Å². The normalized spacial score (nSPS) is 17.5. The highest BCUT2D eigenvalue weighted by molar-refractivity contribution is 6.35. The Balaban J connectivity index is 1.91. The smallest absolute Gasteiger partial charge is 0.119 e. The minimum atomic E-state index is 0.401. The number of aromatic nitrogens is 3. The molecule has 0 N–H and O–H groups in total. The number of nitrogens with zero attached hydrogens (tertiary/aromatic N) is 3. The SMILES string of the molecule is Clc1ccc(C(Cn2cnnc2)C2CCCC2)c(Cl)c1. The van der Waals surface area contributed by atoms with Crippen molar-refractivity contribution in [3.05, 3.63) is 46.5 Å². The van der Waals surface area contributed by atoms with Crippen molar-refractivity contribution in [3.63, 3.8) is 0 Å². The van der Waals surface area contributed by atoms with Crippen molar-refractivity contribution in [1.82, 2.24) is 14.8 Å². The van der Waals surface area contributed by atoms with Crippen LogP contribution in [0.5, 0.6) is 0 Å². The lowest BCUT2D eigenvalue weighted by Crippen LogP contribution is -2.16. The van der Waals surface area contributed by atoms with Crippen LogP contribution in [-0.4, -0.2) is 14.8 Å². The van der Waals surface area contributed by atoms with E-state index in [0.29, 0.717) is 16.9 Å². The van der Waals surface area contributed by atoms with Gasteiger partial charge in [0.1, 0.15) is 12.7 Å². The Labute approximate surface area is 128 Å². The molecule has 3 rings (SSSR count). The fourth-order valence-corrected chi connectivity index (χ4v) is 3.76. The minimum Gasteiger partial charge on any atom is -0.320 e. The van der Waals surface area contributed by atoms with Crippen LogP contribution in [0.15, 0.2) is 30.9 Å². The first kappa shape index (κ1) is 13.9. The van der Waals surface area contributed by atoms with E-state index in [2.05, 4.69) is 16.3 Å². The van der Waals surface area contributed by atoms with Gasteiger partial charge < -0.3 is 4.57 Å². The Morgan fingerprint density at radius 3 is 2.50 bits per heavy atom. The van der Waals surface area contributed by atoms with Gasteiger partial charge in [-0.1, -0.05) is 42.1 Å². The molecule has 1 aliphatic carbocycles. The van der Waals surface area contributed by atoms with Crippen LogP contribution in [0.4, 0.5) is 0 Å². The van der Waals surface area contributed by atoms with Gasteiger partial charge in [-0.25, -0.2) is 0 Å². The van der Waals surface area contributed by atoms with E-state index in [1.165, 1.54) is 31.2 Å². The number of hydrogen-bond donors (Lipinski definition) is 0. The quantitative estimate of drug-likeness (QED) is 0.829. The Bertz CT molecular complexity index is 563. The third-order valence-corrected chi connectivity index (χ3v) is 4.77. The lowest BCUT2D eigenvalue weighted by atomic mass is 9.84. The predicted octanol–water partition coefficient (Wildman–Crippen LogP) is 4.56. The monoisotopic (exact) mass is 309 g/mol. The second-order valence-electron chi connectivity index (χ2n) is 5.48. The molecule has 1 unspecified atom stereocenters. The molecular weight excluding hydrogens is 293 g/mol. The molecule has 0 saturated heterocycles. The summed E-state index contributed by atoms with van der Waals surface area (Å²) in [5.74, 6) is 1.08. The van der Waals surface area contributed by atoms with Crippen LogP contribution in [0, 0.1) is 5.92 Å². The van der Waals surface area contributed by atoms with E-state index in [1.54, 1.807) is 12.7 Å². The summed E-state index contributed by atoms with van der Waals surface area (Å²) < 4.78 is 2.04. The zero-order valence-corrected chi connectivity index (χ0v) is 12.7. The topological polar surface area (TPSA) is 30.7 Å². The van der Waals surface area contributed by atoms with Crippen LogP contribution >= 0.6 is 23.2 Å².